The molecule has 0 spiro atoms. The molecule has 0 saturated carbocycles. The van der Waals surface area contributed by atoms with Crippen LogP contribution in [0.1, 0.15) is 11.1 Å². The van der Waals surface area contributed by atoms with Crippen molar-refractivity contribution in [2.45, 2.75) is 6.54 Å². The molecule has 21 heavy (non-hydrogen) atoms. The number of anilines is 1. The maximum atomic E-state index is 11.8. The fraction of sp³-hybridized carbons (Fsp3) is 0.125. The van der Waals surface area contributed by atoms with Gasteiger partial charge in [0.25, 0.3) is 0 Å². The Bertz CT molecular complexity index is 660. The zero-order valence-electron chi connectivity index (χ0n) is 11.6. The number of hydrogen-bond donors (Lipinski definition) is 2. The monoisotopic (exact) mass is 281 g/mol. The number of nitrogens with one attached hydrogen (secondary N) is 2. The summed E-state index contributed by atoms with van der Waals surface area (Å²) < 4.78 is 5.12. The Morgan fingerprint density at radius 2 is 2.00 bits per heavy atom. The van der Waals surface area contributed by atoms with E-state index in [1.165, 1.54) is 0 Å². The number of carbonyl (C=O) groups excluding carboxylic acids is 1. The summed E-state index contributed by atoms with van der Waals surface area (Å²) in [5, 5.41) is 14.2. The molecule has 5 heteroatoms. The minimum atomic E-state index is -0.303. The third kappa shape index (κ3) is 4.25. The van der Waals surface area contributed by atoms with Crippen LogP contribution in [0.2, 0.25) is 0 Å². The van der Waals surface area contributed by atoms with E-state index in [4.69, 9.17) is 10.00 Å². The van der Waals surface area contributed by atoms with Crippen LogP contribution in [-0.2, 0) is 6.54 Å². The van der Waals surface area contributed by atoms with Gasteiger partial charge in [0, 0.05) is 12.2 Å². The number of nitriles is 1. The van der Waals surface area contributed by atoms with Gasteiger partial charge in [-0.25, -0.2) is 4.79 Å². The first-order valence-corrected chi connectivity index (χ1v) is 6.39. The number of hydrogen-bond acceptors (Lipinski definition) is 3. The van der Waals surface area contributed by atoms with E-state index in [1.54, 1.807) is 31.4 Å². The van der Waals surface area contributed by atoms with Crippen LogP contribution >= 0.6 is 0 Å². The molecule has 0 aromatic heterocycles. The van der Waals surface area contributed by atoms with Crippen LogP contribution in [0.25, 0.3) is 0 Å². The predicted molar refractivity (Wildman–Crippen MR) is 80.0 cm³/mol. The Labute approximate surface area is 123 Å². The lowest BCUT2D eigenvalue weighted by molar-refractivity contribution is 0.251. The van der Waals surface area contributed by atoms with E-state index < -0.39 is 0 Å². The first kappa shape index (κ1) is 14.4. The number of nitrogens with zero attached hydrogens (tertiary/aromatic N) is 1. The fourth-order valence-electron chi connectivity index (χ4n) is 1.77. The van der Waals surface area contributed by atoms with Crippen molar-refractivity contribution in [1.82, 2.24) is 5.32 Å². The van der Waals surface area contributed by atoms with E-state index >= 15 is 0 Å². The quantitative estimate of drug-likeness (QED) is 0.905. The average Bonchev–Trinajstić information content (AvgIpc) is 2.54. The summed E-state index contributed by atoms with van der Waals surface area (Å²) in [5.41, 5.74) is 2.14. The van der Waals surface area contributed by atoms with Crippen molar-refractivity contribution in [3.05, 3.63) is 59.7 Å². The highest BCUT2D eigenvalue weighted by molar-refractivity contribution is 5.89. The van der Waals surface area contributed by atoms with Crippen LogP contribution in [0, 0.1) is 11.3 Å². The molecule has 5 nitrogen and oxygen atoms in total. The van der Waals surface area contributed by atoms with Crippen LogP contribution in [0.5, 0.6) is 5.75 Å². The summed E-state index contributed by atoms with van der Waals surface area (Å²) in [6.45, 7) is 0.402. The Morgan fingerprint density at radius 3 is 2.67 bits per heavy atom. The fourth-order valence-corrected chi connectivity index (χ4v) is 1.77. The van der Waals surface area contributed by atoms with Crippen molar-refractivity contribution in [2.75, 3.05) is 12.4 Å². The lowest BCUT2D eigenvalue weighted by Gasteiger charge is -2.08. The molecule has 0 bridgehead atoms. The first-order valence-electron chi connectivity index (χ1n) is 6.39. The third-order valence-electron chi connectivity index (χ3n) is 2.86. The molecule has 0 aliphatic heterocycles. The maximum Gasteiger partial charge on any atom is 0.319 e. The second kappa shape index (κ2) is 6.96. The predicted octanol–water partition coefficient (Wildman–Crippen LogP) is 2.89. The Balaban J connectivity index is 1.88. The Kier molecular flexibility index (Phi) is 4.78. The van der Waals surface area contributed by atoms with Gasteiger partial charge in [0.05, 0.1) is 18.7 Å². The summed E-state index contributed by atoms with van der Waals surface area (Å²) in [4.78, 5) is 11.8. The number of rotatable bonds is 4. The van der Waals surface area contributed by atoms with Crippen LogP contribution in [-0.4, -0.2) is 13.1 Å². The average molecular weight is 281 g/mol. The van der Waals surface area contributed by atoms with Gasteiger partial charge in [0.2, 0.25) is 0 Å². The van der Waals surface area contributed by atoms with E-state index in [-0.39, 0.29) is 6.03 Å². The first-order chi connectivity index (χ1) is 10.2. The van der Waals surface area contributed by atoms with Crippen molar-refractivity contribution in [3.8, 4) is 11.8 Å². The molecule has 0 aliphatic carbocycles. The van der Waals surface area contributed by atoms with Gasteiger partial charge in [0.15, 0.2) is 0 Å². The molecule has 106 valence electrons. The molecular weight excluding hydrogens is 266 g/mol. The van der Waals surface area contributed by atoms with Crippen molar-refractivity contribution in [3.63, 3.8) is 0 Å². The highest BCUT2D eigenvalue weighted by atomic mass is 16.5. The highest BCUT2D eigenvalue weighted by Crippen LogP contribution is 2.12. The van der Waals surface area contributed by atoms with Gasteiger partial charge in [-0.3, -0.25) is 0 Å². The molecule has 0 atom stereocenters. The normalized spacial score (nSPS) is 9.52. The molecule has 0 fully saturated rings. The van der Waals surface area contributed by atoms with Gasteiger partial charge < -0.3 is 15.4 Å². The van der Waals surface area contributed by atoms with Crippen molar-refractivity contribution >= 4 is 11.7 Å². The molecule has 0 heterocycles. The van der Waals surface area contributed by atoms with Gasteiger partial charge in [-0.15, -0.1) is 0 Å². The second-order valence-corrected chi connectivity index (χ2v) is 4.35. The molecule has 0 radical (unpaired) electrons. The Hall–Kier alpha value is -3.00. The number of amides is 2. The lowest BCUT2D eigenvalue weighted by Crippen LogP contribution is -2.28. The molecule has 0 saturated heterocycles. The van der Waals surface area contributed by atoms with Gasteiger partial charge in [-0.2, -0.15) is 5.26 Å². The number of benzene rings is 2. The minimum Gasteiger partial charge on any atom is -0.497 e. The smallest absolute Gasteiger partial charge is 0.319 e. The molecule has 2 aromatic rings. The third-order valence-corrected chi connectivity index (χ3v) is 2.86. The summed E-state index contributed by atoms with van der Waals surface area (Å²) in [7, 11) is 1.60. The maximum absolute atomic E-state index is 11.8. The van der Waals surface area contributed by atoms with E-state index in [0.717, 1.165) is 11.3 Å². The largest absolute Gasteiger partial charge is 0.497 e. The molecular formula is C16H15N3O2. The van der Waals surface area contributed by atoms with Crippen LogP contribution in [0.4, 0.5) is 10.5 Å². The number of methoxy groups -OCH3 is 1. The van der Waals surface area contributed by atoms with Crippen molar-refractivity contribution < 1.29 is 9.53 Å². The molecule has 0 aliphatic rings. The van der Waals surface area contributed by atoms with Crippen LogP contribution in [0.15, 0.2) is 48.5 Å². The molecule has 2 amide bonds. The van der Waals surface area contributed by atoms with E-state index in [0.29, 0.717) is 17.8 Å². The van der Waals surface area contributed by atoms with Gasteiger partial charge in [0.1, 0.15) is 5.75 Å². The van der Waals surface area contributed by atoms with E-state index in [2.05, 4.69) is 10.6 Å². The molecule has 0 unspecified atom stereocenters. The summed E-state index contributed by atoms with van der Waals surface area (Å²) in [6, 6.07) is 15.9. The lowest BCUT2D eigenvalue weighted by atomic mass is 10.2. The summed E-state index contributed by atoms with van der Waals surface area (Å²) >= 11 is 0. The van der Waals surface area contributed by atoms with Gasteiger partial charge in [-0.1, -0.05) is 12.1 Å². The minimum absolute atomic E-state index is 0.303. The summed E-state index contributed by atoms with van der Waals surface area (Å²) in [6.07, 6.45) is 0. The number of carbonyl (C=O) groups is 1. The van der Waals surface area contributed by atoms with Gasteiger partial charge >= 0.3 is 6.03 Å². The number of urea groups is 1. The molecule has 2 aromatic carbocycles. The summed E-state index contributed by atoms with van der Waals surface area (Å²) in [5.74, 6) is 0.752. The van der Waals surface area contributed by atoms with Crippen molar-refractivity contribution in [2.24, 2.45) is 0 Å². The standard InChI is InChI=1S/C16H15N3O2/c1-21-15-4-2-3-13(9-15)11-18-16(20)19-14-7-5-12(10-17)6-8-14/h2-9H,11H2,1H3,(H2,18,19,20). The zero-order valence-corrected chi connectivity index (χ0v) is 11.6. The number of ether oxygens (including phenoxy) is 1. The topological polar surface area (TPSA) is 74.2 Å². The second-order valence-electron chi connectivity index (χ2n) is 4.35. The van der Waals surface area contributed by atoms with Gasteiger partial charge in [-0.05, 0) is 42.0 Å². The van der Waals surface area contributed by atoms with Crippen LogP contribution < -0.4 is 15.4 Å². The highest BCUT2D eigenvalue weighted by Gasteiger charge is 2.02. The zero-order chi connectivity index (χ0) is 15.1. The molecule has 2 rings (SSSR count). The SMILES string of the molecule is COc1cccc(CNC(=O)Nc2ccc(C#N)cc2)c1. The molecule has 2 N–H and O–H groups in total. The van der Waals surface area contributed by atoms with E-state index in [9.17, 15) is 4.79 Å². The van der Waals surface area contributed by atoms with Crippen molar-refractivity contribution in [1.29, 1.82) is 5.26 Å². The van der Waals surface area contributed by atoms with Crippen LogP contribution in [0.3, 0.4) is 0 Å². The Morgan fingerprint density at radius 1 is 1.24 bits per heavy atom. The van der Waals surface area contributed by atoms with E-state index in [1.807, 2.05) is 30.3 Å².